The van der Waals surface area contributed by atoms with Crippen molar-refractivity contribution in [3.8, 4) is 0 Å². The third kappa shape index (κ3) is 6.03. The number of hydrogen-bond acceptors (Lipinski definition) is 5. The average molecular weight is 677 g/mol. The predicted molar refractivity (Wildman–Crippen MR) is 139 cm³/mol. The zero-order chi connectivity index (χ0) is 26.5. The van der Waals surface area contributed by atoms with E-state index >= 15 is 0 Å². The van der Waals surface area contributed by atoms with Crippen LogP contribution in [0.25, 0.3) is 0 Å². The molecule has 4 rings (SSSR count). The Morgan fingerprint density at radius 1 is 1.03 bits per heavy atom. The van der Waals surface area contributed by atoms with E-state index in [4.69, 9.17) is 9.47 Å². The van der Waals surface area contributed by atoms with E-state index in [1.54, 1.807) is 19.0 Å². The summed E-state index contributed by atoms with van der Waals surface area (Å²) in [6.45, 7) is 19.0. The first-order valence-electron chi connectivity index (χ1n) is 14.2. The Labute approximate surface area is 280 Å². The van der Waals surface area contributed by atoms with Crippen LogP contribution in [0.2, 0.25) is 0 Å². The van der Waals surface area contributed by atoms with Crippen LogP contribution >= 0.6 is 0 Å². The Bertz CT molecular complexity index is 903. The number of ketones is 1. The molecule has 0 saturated heterocycles. The molecule has 0 N–H and O–H groups in total. The maximum atomic E-state index is 12.4. The number of ether oxygens (including phenoxy) is 2. The van der Waals surface area contributed by atoms with Crippen molar-refractivity contribution in [3.63, 3.8) is 0 Å². The van der Waals surface area contributed by atoms with Gasteiger partial charge in [0.15, 0.2) is 5.78 Å². The van der Waals surface area contributed by atoms with Crippen molar-refractivity contribution in [1.29, 1.82) is 0 Å². The first kappa shape index (κ1) is 34.8. The van der Waals surface area contributed by atoms with Gasteiger partial charge in [-0.05, 0) is 116 Å². The van der Waals surface area contributed by atoms with Gasteiger partial charge >= 0.3 is 0 Å². The summed E-state index contributed by atoms with van der Waals surface area (Å²) >= 11 is 0. The Morgan fingerprint density at radius 2 is 1.71 bits per heavy atom. The van der Waals surface area contributed by atoms with E-state index in [2.05, 4.69) is 34.6 Å². The fourth-order valence-corrected chi connectivity index (χ4v) is 9.37. The van der Waals surface area contributed by atoms with Crippen LogP contribution in [0.5, 0.6) is 0 Å². The number of rotatable bonds is 9. The van der Waals surface area contributed by atoms with Crippen LogP contribution in [0, 0.1) is 52.3 Å². The summed E-state index contributed by atoms with van der Waals surface area (Å²) in [6, 6.07) is 0. The van der Waals surface area contributed by atoms with Crippen molar-refractivity contribution in [2.24, 2.45) is 52.3 Å². The molecule has 0 aromatic rings. The molecule has 0 aromatic carbocycles. The van der Waals surface area contributed by atoms with E-state index in [9.17, 15) is 14.4 Å². The van der Waals surface area contributed by atoms with Crippen molar-refractivity contribution in [2.45, 2.75) is 112 Å². The van der Waals surface area contributed by atoms with E-state index in [1.807, 2.05) is 13.8 Å². The molecule has 0 bridgehead atoms. The SMILES string of the molecule is CC1C(O[C-]=O)C2=CC(=O)CC[C@]2(C)[C@H]2CC[C@]3(C)[C@@H]([C@H](C)CCC(C)C(C)(C)O[C-]=O)CC[C@H]3[C@H]12.[Y].[Y]. The van der Waals surface area contributed by atoms with Crippen LogP contribution < -0.4 is 0 Å². The van der Waals surface area contributed by atoms with Gasteiger partial charge in [-0.15, -0.1) is 0 Å². The summed E-state index contributed by atoms with van der Waals surface area (Å²) in [7, 11) is 0. The Balaban J connectivity index is 0.00000253. The van der Waals surface area contributed by atoms with Crippen LogP contribution in [0.4, 0.5) is 0 Å². The van der Waals surface area contributed by atoms with Gasteiger partial charge in [0.1, 0.15) is 0 Å². The number of fused-ring (bicyclic) bond motifs is 5. The Morgan fingerprint density at radius 3 is 2.34 bits per heavy atom. The minimum Gasteiger partial charge on any atom is -0.649 e. The second-order valence-corrected chi connectivity index (χ2v) is 13.7. The molecule has 4 aliphatic carbocycles. The molecule has 2 radical (unpaired) electrons. The zero-order valence-electron chi connectivity index (χ0n) is 24.5. The predicted octanol–water partition coefficient (Wildman–Crippen LogP) is 6.35. The van der Waals surface area contributed by atoms with E-state index in [1.165, 1.54) is 25.7 Å². The van der Waals surface area contributed by atoms with Gasteiger partial charge in [0, 0.05) is 71.8 Å². The summed E-state index contributed by atoms with van der Waals surface area (Å²) in [5, 5.41) is 0. The van der Waals surface area contributed by atoms with Gasteiger partial charge in [-0.3, -0.25) is 4.79 Å². The minimum absolute atomic E-state index is 0. The van der Waals surface area contributed by atoms with Gasteiger partial charge < -0.3 is 19.1 Å². The molecule has 10 atom stereocenters. The summed E-state index contributed by atoms with van der Waals surface area (Å²) in [5.41, 5.74) is 0.756. The third-order valence-electron chi connectivity index (χ3n) is 11.9. The van der Waals surface area contributed by atoms with Crippen LogP contribution in [0.1, 0.15) is 99.8 Å². The molecule has 0 heterocycles. The third-order valence-corrected chi connectivity index (χ3v) is 11.9. The molecular weight excluding hydrogens is 630 g/mol. The summed E-state index contributed by atoms with van der Waals surface area (Å²) in [6.07, 6.45) is 9.96. The molecule has 7 heteroatoms. The molecule has 208 valence electrons. The molecule has 0 aromatic heterocycles. The minimum atomic E-state index is -0.494. The molecule has 3 fully saturated rings. The first-order valence-corrected chi connectivity index (χ1v) is 14.2. The molecular formula is C31H46O5Y2-2. The average Bonchev–Trinajstić information content (AvgIpc) is 3.18. The van der Waals surface area contributed by atoms with Gasteiger partial charge in [0.25, 0.3) is 0 Å². The second kappa shape index (κ2) is 13.2. The molecule has 5 nitrogen and oxygen atoms in total. The monoisotopic (exact) mass is 676 g/mol. The van der Waals surface area contributed by atoms with Gasteiger partial charge in [-0.1, -0.05) is 54.0 Å². The van der Waals surface area contributed by atoms with E-state index < -0.39 is 5.60 Å². The Kier molecular flexibility index (Phi) is 12.1. The topological polar surface area (TPSA) is 69.7 Å². The molecule has 4 aliphatic rings. The fraction of sp³-hybridized carbons (Fsp3) is 0.839. The van der Waals surface area contributed by atoms with Crippen molar-refractivity contribution >= 4 is 18.7 Å². The van der Waals surface area contributed by atoms with Gasteiger partial charge in [-0.25, -0.2) is 0 Å². The molecule has 3 unspecified atom stereocenters. The molecule has 38 heavy (non-hydrogen) atoms. The number of carbonyl (C=O) groups excluding carboxylic acids is 3. The first-order chi connectivity index (χ1) is 16.9. The maximum absolute atomic E-state index is 12.4. The van der Waals surface area contributed by atoms with Crippen molar-refractivity contribution in [3.05, 3.63) is 11.6 Å². The van der Waals surface area contributed by atoms with Gasteiger partial charge in [0.2, 0.25) is 0 Å². The van der Waals surface area contributed by atoms with Gasteiger partial charge in [-0.2, -0.15) is 0 Å². The molecule has 0 aliphatic heterocycles. The summed E-state index contributed by atoms with van der Waals surface area (Å²) in [5.74, 6) is 3.52. The fourth-order valence-electron chi connectivity index (χ4n) is 9.37. The summed E-state index contributed by atoms with van der Waals surface area (Å²) in [4.78, 5) is 34.6. The van der Waals surface area contributed by atoms with E-state index in [-0.39, 0.29) is 100.0 Å². The Hall–Kier alpha value is 0.558. The zero-order valence-corrected chi connectivity index (χ0v) is 30.2. The normalized spacial score (nSPS) is 39.6. The van der Waals surface area contributed by atoms with Crippen LogP contribution in [-0.2, 0) is 89.3 Å². The van der Waals surface area contributed by atoms with E-state index in [0.29, 0.717) is 36.0 Å². The van der Waals surface area contributed by atoms with Crippen molar-refractivity contribution < 1.29 is 89.3 Å². The molecule has 0 amide bonds. The largest absolute Gasteiger partial charge is 0.649 e. The second-order valence-electron chi connectivity index (χ2n) is 13.7. The smallest absolute Gasteiger partial charge is 0.155 e. The standard InChI is InChI=1S/C31H46O5.2Y/c1-19(8-9-20(2)29(4,5)36-18-33)23-10-11-24-27-21(3)28(35-17-32)26-16-22(34)12-14-31(26,7)25(27)13-15-30(23,24)6;;/h16,19-21,23-25,27-28H,8-15H2,1-7H3;;/q-2;;/t19-,20?,21?,23-,24+,25+,27+,28?,30-,31-;;/m1../s1. The number of carbonyl (C=O) groups is 1. The van der Waals surface area contributed by atoms with Crippen LogP contribution in [-0.4, -0.2) is 30.4 Å². The van der Waals surface area contributed by atoms with Gasteiger partial charge in [0.05, 0.1) is 11.7 Å². The quantitative estimate of drug-likeness (QED) is 0.267. The van der Waals surface area contributed by atoms with Crippen LogP contribution in [0.15, 0.2) is 11.6 Å². The molecule has 3 saturated carbocycles. The van der Waals surface area contributed by atoms with Crippen LogP contribution in [0.3, 0.4) is 0 Å². The van der Waals surface area contributed by atoms with Crippen molar-refractivity contribution in [2.75, 3.05) is 0 Å². The van der Waals surface area contributed by atoms with Crippen molar-refractivity contribution in [1.82, 2.24) is 0 Å². The summed E-state index contributed by atoms with van der Waals surface area (Å²) < 4.78 is 10.9. The van der Waals surface area contributed by atoms with E-state index in [0.717, 1.165) is 24.8 Å². The maximum Gasteiger partial charge on any atom is 0.155 e. The molecule has 0 spiro atoms. The number of hydrogen-bond donors (Lipinski definition) is 0.